The summed E-state index contributed by atoms with van der Waals surface area (Å²) in [6.07, 6.45) is 4.79. The topological polar surface area (TPSA) is 91.9 Å². The Morgan fingerprint density at radius 3 is 1.96 bits per heavy atom. The first-order chi connectivity index (χ1) is 12.9. The van der Waals surface area contributed by atoms with Gasteiger partial charge in [-0.3, -0.25) is 0 Å². The number of rotatable bonds is 15. The third kappa shape index (κ3) is 12.6. The van der Waals surface area contributed by atoms with Crippen molar-refractivity contribution < 1.29 is 18.4 Å². The molecule has 0 bridgehead atoms. The smallest absolute Gasteiger partial charge is 0.334 e. The molecule has 27 heavy (non-hydrogen) atoms. The first-order valence-electron chi connectivity index (χ1n) is 10.1. The first-order valence-corrected chi connectivity index (χ1v) is 12.6. The highest BCUT2D eigenvalue weighted by Crippen LogP contribution is 2.14. The monoisotopic (exact) mass is 404 g/mol. The van der Waals surface area contributed by atoms with Crippen LogP contribution >= 0.6 is 0 Å². The van der Waals surface area contributed by atoms with Crippen LogP contribution in [0.1, 0.15) is 46.0 Å². The maximum Gasteiger partial charge on any atom is 0.334 e. The van der Waals surface area contributed by atoms with Crippen molar-refractivity contribution in [2.75, 3.05) is 46.9 Å². The van der Waals surface area contributed by atoms with E-state index in [1.807, 2.05) is 6.55 Å². The minimum absolute atomic E-state index is 0.0881. The number of hydrogen-bond acceptors (Lipinski definition) is 4. The molecule has 0 saturated carbocycles. The number of nitrogens with one attached hydrogen (secondary N) is 3. The van der Waals surface area contributed by atoms with E-state index >= 15 is 0 Å². The summed E-state index contributed by atoms with van der Waals surface area (Å²) in [6, 6.07) is 0.535. The Balaban J connectivity index is 4.43. The minimum atomic E-state index is -2.14. The van der Waals surface area contributed by atoms with Crippen LogP contribution in [0.3, 0.4) is 0 Å². The van der Waals surface area contributed by atoms with Crippen molar-refractivity contribution in [3.8, 4) is 0 Å². The molecule has 0 aromatic heterocycles. The molecule has 0 rings (SSSR count). The Morgan fingerprint density at radius 2 is 1.41 bits per heavy atom. The number of urea groups is 2. The first kappa shape index (κ1) is 25.7. The van der Waals surface area contributed by atoms with Crippen LogP contribution < -0.4 is 16.0 Å². The third-order valence-electron chi connectivity index (χ3n) is 4.50. The molecule has 0 atom stereocenters. The SMILES string of the molecule is CCCCNC(=O)NCCN(CCC[Si](C)(OC)OC)C(=O)NCCCC. The van der Waals surface area contributed by atoms with E-state index in [0.717, 1.165) is 38.1 Å². The molecule has 0 aliphatic carbocycles. The maximum atomic E-state index is 12.4. The van der Waals surface area contributed by atoms with Gasteiger partial charge in [-0.2, -0.15) is 0 Å². The molecule has 0 unspecified atom stereocenters. The fourth-order valence-electron chi connectivity index (χ4n) is 2.42. The molecule has 9 heteroatoms. The zero-order valence-corrected chi connectivity index (χ0v) is 18.9. The molecule has 3 N–H and O–H groups in total. The van der Waals surface area contributed by atoms with Gasteiger partial charge in [0.25, 0.3) is 0 Å². The van der Waals surface area contributed by atoms with Gasteiger partial charge in [0.2, 0.25) is 0 Å². The second-order valence-corrected chi connectivity index (χ2v) is 10.3. The van der Waals surface area contributed by atoms with Crippen LogP contribution in [0.2, 0.25) is 12.6 Å². The molecule has 0 aliphatic heterocycles. The minimum Gasteiger partial charge on any atom is -0.398 e. The number of carbonyl (C=O) groups is 2. The lowest BCUT2D eigenvalue weighted by atomic mass is 10.3. The number of carbonyl (C=O) groups excluding carboxylic acids is 2. The van der Waals surface area contributed by atoms with Crippen LogP contribution in [-0.2, 0) is 8.85 Å². The Bertz CT molecular complexity index is 409. The molecule has 0 saturated heterocycles. The van der Waals surface area contributed by atoms with E-state index in [1.54, 1.807) is 19.1 Å². The van der Waals surface area contributed by atoms with E-state index in [9.17, 15) is 9.59 Å². The molecule has 0 heterocycles. The average molecular weight is 405 g/mol. The van der Waals surface area contributed by atoms with Gasteiger partial charge in [-0.1, -0.05) is 26.7 Å². The van der Waals surface area contributed by atoms with Crippen molar-refractivity contribution in [3.05, 3.63) is 0 Å². The molecule has 0 radical (unpaired) electrons. The lowest BCUT2D eigenvalue weighted by Gasteiger charge is -2.26. The summed E-state index contributed by atoms with van der Waals surface area (Å²) in [5.74, 6) is 0. The molecular weight excluding hydrogens is 364 g/mol. The summed E-state index contributed by atoms with van der Waals surface area (Å²) in [5.41, 5.74) is 0. The van der Waals surface area contributed by atoms with E-state index in [1.165, 1.54) is 0 Å². The van der Waals surface area contributed by atoms with Crippen molar-refractivity contribution in [3.63, 3.8) is 0 Å². The van der Waals surface area contributed by atoms with Crippen molar-refractivity contribution in [1.29, 1.82) is 0 Å². The summed E-state index contributed by atoms with van der Waals surface area (Å²) in [4.78, 5) is 25.9. The van der Waals surface area contributed by atoms with Gasteiger partial charge in [0.05, 0.1) is 0 Å². The zero-order chi connectivity index (χ0) is 20.5. The van der Waals surface area contributed by atoms with Crippen molar-refractivity contribution in [2.24, 2.45) is 0 Å². The summed E-state index contributed by atoms with van der Waals surface area (Å²) in [6.45, 7) is 9.01. The summed E-state index contributed by atoms with van der Waals surface area (Å²) >= 11 is 0. The Labute approximate surface area is 166 Å². The number of hydrogen-bond donors (Lipinski definition) is 3. The van der Waals surface area contributed by atoms with E-state index < -0.39 is 8.56 Å². The fourth-order valence-corrected chi connectivity index (χ4v) is 3.80. The van der Waals surface area contributed by atoms with Gasteiger partial charge in [-0.05, 0) is 31.9 Å². The standard InChI is InChI=1S/C18H40N4O4Si/c1-6-8-11-19-17(23)20-13-15-22(18(24)21-12-9-7-2)14-10-16-27(5,25-3)26-4/h6-16H2,1-5H3,(H,21,24)(H2,19,20,23). The predicted molar refractivity (Wildman–Crippen MR) is 111 cm³/mol. The number of nitrogens with zero attached hydrogens (tertiary/aromatic N) is 1. The van der Waals surface area contributed by atoms with Crippen LogP contribution in [-0.4, -0.2) is 72.5 Å². The van der Waals surface area contributed by atoms with E-state index in [4.69, 9.17) is 8.85 Å². The third-order valence-corrected chi connectivity index (χ3v) is 7.49. The predicted octanol–water partition coefficient (Wildman–Crippen LogP) is 2.65. The second kappa shape index (κ2) is 15.7. The van der Waals surface area contributed by atoms with Gasteiger partial charge in [-0.25, -0.2) is 9.59 Å². The summed E-state index contributed by atoms with van der Waals surface area (Å²) in [7, 11) is 1.21. The Morgan fingerprint density at radius 1 is 0.852 bits per heavy atom. The molecule has 4 amide bonds. The van der Waals surface area contributed by atoms with Gasteiger partial charge < -0.3 is 29.7 Å². The normalized spacial score (nSPS) is 11.1. The maximum absolute atomic E-state index is 12.4. The molecule has 8 nitrogen and oxygen atoms in total. The molecule has 0 aromatic rings. The van der Waals surface area contributed by atoms with E-state index in [2.05, 4.69) is 29.8 Å². The molecule has 0 aliphatic rings. The zero-order valence-electron chi connectivity index (χ0n) is 17.9. The highest BCUT2D eigenvalue weighted by molar-refractivity contribution is 6.65. The van der Waals surface area contributed by atoms with Crippen LogP contribution in [0.25, 0.3) is 0 Å². The van der Waals surface area contributed by atoms with Crippen molar-refractivity contribution in [2.45, 2.75) is 58.5 Å². The van der Waals surface area contributed by atoms with E-state index in [-0.39, 0.29) is 12.1 Å². The largest absolute Gasteiger partial charge is 0.398 e. The van der Waals surface area contributed by atoms with Crippen LogP contribution in [0.15, 0.2) is 0 Å². The molecule has 160 valence electrons. The summed E-state index contributed by atoms with van der Waals surface area (Å²) in [5, 5.41) is 8.57. The van der Waals surface area contributed by atoms with Crippen molar-refractivity contribution >= 4 is 20.6 Å². The van der Waals surface area contributed by atoms with Gasteiger partial charge in [0.15, 0.2) is 0 Å². The number of unbranched alkanes of at least 4 members (excludes halogenated alkanes) is 2. The highest BCUT2D eigenvalue weighted by atomic mass is 28.4. The molecule has 0 aromatic carbocycles. The highest BCUT2D eigenvalue weighted by Gasteiger charge is 2.28. The molecular formula is C18H40N4O4Si. The molecule has 0 fully saturated rings. The summed E-state index contributed by atoms with van der Waals surface area (Å²) < 4.78 is 11.0. The second-order valence-electron chi connectivity index (χ2n) is 6.75. The number of amides is 4. The molecule has 0 spiro atoms. The van der Waals surface area contributed by atoms with Gasteiger partial charge >= 0.3 is 20.6 Å². The lowest BCUT2D eigenvalue weighted by molar-refractivity contribution is 0.195. The van der Waals surface area contributed by atoms with Gasteiger partial charge in [0.1, 0.15) is 0 Å². The van der Waals surface area contributed by atoms with Gasteiger partial charge in [-0.15, -0.1) is 0 Å². The fraction of sp³-hybridized carbons (Fsp3) is 0.889. The van der Waals surface area contributed by atoms with Crippen LogP contribution in [0, 0.1) is 0 Å². The van der Waals surface area contributed by atoms with Crippen molar-refractivity contribution in [1.82, 2.24) is 20.9 Å². The van der Waals surface area contributed by atoms with Crippen LogP contribution in [0.5, 0.6) is 0 Å². The average Bonchev–Trinajstić information content (AvgIpc) is 2.66. The Kier molecular flexibility index (Phi) is 14.9. The lowest BCUT2D eigenvalue weighted by Crippen LogP contribution is -2.46. The Hall–Kier alpha value is -1.32. The quantitative estimate of drug-likeness (QED) is 0.289. The van der Waals surface area contributed by atoms with Crippen LogP contribution in [0.4, 0.5) is 9.59 Å². The van der Waals surface area contributed by atoms with E-state index in [0.29, 0.717) is 32.7 Å². The van der Waals surface area contributed by atoms with Gasteiger partial charge in [0, 0.05) is 46.9 Å².